The molecule has 0 saturated heterocycles. The molecule has 0 aliphatic heterocycles. The van der Waals surface area contributed by atoms with Gasteiger partial charge in [-0.3, -0.25) is 0 Å². The maximum absolute atomic E-state index is 12.9. The summed E-state index contributed by atoms with van der Waals surface area (Å²) in [5.74, 6) is -0.929. The molecule has 8 heteroatoms. The van der Waals surface area contributed by atoms with Crippen molar-refractivity contribution in [1.82, 2.24) is 9.55 Å². The first kappa shape index (κ1) is 22.7. The number of fused-ring (bicyclic) bond motifs is 1. The number of aromatic nitrogens is 2. The van der Waals surface area contributed by atoms with Crippen molar-refractivity contribution in [3.63, 3.8) is 0 Å². The van der Waals surface area contributed by atoms with Crippen LogP contribution in [-0.2, 0) is 24.6 Å². The minimum atomic E-state index is -4.55. The van der Waals surface area contributed by atoms with Gasteiger partial charge in [-0.25, -0.2) is 9.78 Å². The van der Waals surface area contributed by atoms with E-state index in [-0.39, 0.29) is 18.1 Å². The first-order valence-electron chi connectivity index (χ1n) is 10.2. The van der Waals surface area contributed by atoms with Crippen LogP contribution in [0.2, 0.25) is 0 Å². The predicted octanol–water partition coefficient (Wildman–Crippen LogP) is 5.48. The first-order chi connectivity index (χ1) is 14.7. The highest BCUT2D eigenvalue weighted by Gasteiger charge is 2.32. The molecule has 0 fully saturated rings. The summed E-state index contributed by atoms with van der Waals surface area (Å²) in [4.78, 5) is 17.2. The topological polar surface area (TPSA) is 53.4 Å². The Morgan fingerprint density at radius 1 is 1.10 bits per heavy atom. The van der Waals surface area contributed by atoms with Gasteiger partial charge in [0.15, 0.2) is 18.1 Å². The van der Waals surface area contributed by atoms with Gasteiger partial charge < -0.3 is 14.0 Å². The van der Waals surface area contributed by atoms with Gasteiger partial charge in [-0.05, 0) is 37.0 Å². The van der Waals surface area contributed by atoms with E-state index >= 15 is 0 Å². The van der Waals surface area contributed by atoms with Crippen LogP contribution in [-0.4, -0.2) is 34.9 Å². The summed E-state index contributed by atoms with van der Waals surface area (Å²) in [7, 11) is 1.57. The van der Waals surface area contributed by atoms with Crippen LogP contribution >= 0.6 is 0 Å². The predicted molar refractivity (Wildman–Crippen MR) is 112 cm³/mol. The zero-order chi connectivity index (χ0) is 22.8. The third kappa shape index (κ3) is 4.68. The Bertz CT molecular complexity index is 1090. The van der Waals surface area contributed by atoms with E-state index in [0.29, 0.717) is 17.5 Å². The van der Waals surface area contributed by atoms with Crippen molar-refractivity contribution in [2.24, 2.45) is 7.05 Å². The van der Waals surface area contributed by atoms with Gasteiger partial charge >= 0.3 is 12.1 Å². The van der Waals surface area contributed by atoms with Crippen LogP contribution in [0.5, 0.6) is 5.75 Å². The van der Waals surface area contributed by atoms with Gasteiger partial charge in [0.05, 0.1) is 17.7 Å². The van der Waals surface area contributed by atoms with Crippen LogP contribution in [0.1, 0.15) is 42.5 Å². The van der Waals surface area contributed by atoms with Crippen LogP contribution in [0.4, 0.5) is 13.2 Å². The Labute approximate surface area is 178 Å². The Morgan fingerprint density at radius 3 is 2.32 bits per heavy atom. The summed E-state index contributed by atoms with van der Waals surface area (Å²) in [6.45, 7) is 4.21. The van der Waals surface area contributed by atoms with Crippen molar-refractivity contribution < 1.29 is 27.4 Å². The van der Waals surface area contributed by atoms with Crippen LogP contribution in [0.15, 0.2) is 30.3 Å². The van der Waals surface area contributed by atoms with E-state index in [1.807, 2.05) is 31.2 Å². The molecule has 3 rings (SSSR count). The third-order valence-corrected chi connectivity index (χ3v) is 5.05. The standard InChI is InChI=1S/C23H25F3N2O3/c1-5-14-8-10-15(11-9-14)16-12-17-20(31-13-23(24,25)26)19(22(29)30-7-3)28(4)21(17)27-18(16)6-2/h8-12H,5-7,13H2,1-4H3. The van der Waals surface area contributed by atoms with Gasteiger partial charge in [0.2, 0.25) is 0 Å². The molecule has 0 spiro atoms. The highest BCUT2D eigenvalue weighted by atomic mass is 19.4. The average molecular weight is 434 g/mol. The van der Waals surface area contributed by atoms with Crippen molar-refractivity contribution in [2.45, 2.75) is 39.8 Å². The van der Waals surface area contributed by atoms with Gasteiger partial charge in [-0.1, -0.05) is 38.1 Å². The lowest BCUT2D eigenvalue weighted by molar-refractivity contribution is -0.153. The molecule has 0 aliphatic rings. The van der Waals surface area contributed by atoms with Gasteiger partial charge in [-0.15, -0.1) is 0 Å². The minimum Gasteiger partial charge on any atom is -0.481 e. The zero-order valence-corrected chi connectivity index (χ0v) is 18.0. The zero-order valence-electron chi connectivity index (χ0n) is 18.0. The Kier molecular flexibility index (Phi) is 6.57. The second-order valence-electron chi connectivity index (χ2n) is 7.12. The van der Waals surface area contributed by atoms with Gasteiger partial charge in [0.25, 0.3) is 0 Å². The van der Waals surface area contributed by atoms with Crippen molar-refractivity contribution in [1.29, 1.82) is 0 Å². The average Bonchev–Trinajstić information content (AvgIpc) is 3.02. The highest BCUT2D eigenvalue weighted by molar-refractivity contribution is 6.02. The number of aryl methyl sites for hydroxylation is 3. The molecular formula is C23H25F3N2O3. The molecule has 5 nitrogen and oxygen atoms in total. The molecule has 0 bridgehead atoms. The van der Waals surface area contributed by atoms with Gasteiger partial charge in [-0.2, -0.15) is 13.2 Å². The lowest BCUT2D eigenvalue weighted by Gasteiger charge is -2.11. The number of benzene rings is 1. The summed E-state index contributed by atoms with van der Waals surface area (Å²) in [6.07, 6.45) is -3.04. The molecule has 0 atom stereocenters. The molecule has 31 heavy (non-hydrogen) atoms. The number of esters is 1. The fourth-order valence-corrected chi connectivity index (χ4v) is 3.52. The summed E-state index contributed by atoms with van der Waals surface area (Å²) in [6, 6.07) is 9.69. The monoisotopic (exact) mass is 434 g/mol. The smallest absolute Gasteiger partial charge is 0.422 e. The van der Waals surface area contributed by atoms with Gasteiger partial charge in [0, 0.05) is 12.6 Å². The van der Waals surface area contributed by atoms with Gasteiger partial charge in [0.1, 0.15) is 5.65 Å². The second-order valence-corrected chi connectivity index (χ2v) is 7.12. The molecule has 0 aliphatic carbocycles. The molecule has 1 aromatic carbocycles. The molecule has 0 N–H and O–H groups in total. The third-order valence-electron chi connectivity index (χ3n) is 5.05. The second kappa shape index (κ2) is 8.99. The van der Waals surface area contributed by atoms with Crippen LogP contribution in [0, 0.1) is 0 Å². The number of nitrogens with zero attached hydrogens (tertiary/aromatic N) is 2. The van der Waals surface area contributed by atoms with E-state index in [4.69, 9.17) is 9.47 Å². The summed E-state index contributed by atoms with van der Waals surface area (Å²) in [5.41, 5.74) is 3.91. The number of hydrogen-bond donors (Lipinski definition) is 0. The normalized spacial score (nSPS) is 11.7. The number of rotatable bonds is 7. The van der Waals surface area contributed by atoms with Crippen molar-refractivity contribution in [2.75, 3.05) is 13.2 Å². The van der Waals surface area contributed by atoms with Crippen LogP contribution in [0.3, 0.4) is 0 Å². The molecule has 166 valence electrons. The number of carbonyl (C=O) groups excluding carboxylic acids is 1. The van der Waals surface area contributed by atoms with Crippen molar-refractivity contribution >= 4 is 17.0 Å². The molecule has 0 unspecified atom stereocenters. The molecule has 0 saturated carbocycles. The number of halogens is 3. The highest BCUT2D eigenvalue weighted by Crippen LogP contribution is 2.37. The lowest BCUT2D eigenvalue weighted by atomic mass is 9.99. The quantitative estimate of drug-likeness (QED) is 0.462. The van der Waals surface area contributed by atoms with Crippen LogP contribution in [0.25, 0.3) is 22.2 Å². The first-order valence-corrected chi connectivity index (χ1v) is 10.2. The summed E-state index contributed by atoms with van der Waals surface area (Å²) >= 11 is 0. The lowest BCUT2D eigenvalue weighted by Crippen LogP contribution is -2.20. The Hall–Kier alpha value is -3.03. The molecule has 2 heterocycles. The summed E-state index contributed by atoms with van der Waals surface area (Å²) < 4.78 is 50.3. The van der Waals surface area contributed by atoms with Crippen LogP contribution < -0.4 is 4.74 Å². The Balaban J connectivity index is 2.24. The fraction of sp³-hybridized carbons (Fsp3) is 0.391. The molecule has 0 amide bonds. The molecule has 2 aromatic heterocycles. The van der Waals surface area contributed by atoms with E-state index in [1.54, 1.807) is 20.0 Å². The van der Waals surface area contributed by atoms with E-state index in [1.165, 1.54) is 10.1 Å². The number of hydrogen-bond acceptors (Lipinski definition) is 4. The van der Waals surface area contributed by atoms with E-state index < -0.39 is 18.8 Å². The number of alkyl halides is 3. The molecular weight excluding hydrogens is 409 g/mol. The van der Waals surface area contributed by atoms with E-state index in [2.05, 4.69) is 11.9 Å². The molecule has 0 radical (unpaired) electrons. The number of pyridine rings is 1. The van der Waals surface area contributed by atoms with Crippen molar-refractivity contribution in [3.8, 4) is 16.9 Å². The number of ether oxygens (including phenoxy) is 2. The largest absolute Gasteiger partial charge is 0.481 e. The fourth-order valence-electron chi connectivity index (χ4n) is 3.52. The summed E-state index contributed by atoms with van der Waals surface area (Å²) in [5, 5.41) is 0.335. The minimum absolute atomic E-state index is 0.0851. The number of carbonyl (C=O) groups is 1. The maximum Gasteiger partial charge on any atom is 0.422 e. The maximum atomic E-state index is 12.9. The van der Waals surface area contributed by atoms with E-state index in [9.17, 15) is 18.0 Å². The van der Waals surface area contributed by atoms with E-state index in [0.717, 1.165) is 23.2 Å². The molecule has 3 aromatic rings. The SMILES string of the molecule is CCOC(=O)c1c(OCC(F)(F)F)c2cc(-c3ccc(CC)cc3)c(CC)nc2n1C. The Morgan fingerprint density at radius 2 is 1.77 bits per heavy atom. The van der Waals surface area contributed by atoms with Crippen molar-refractivity contribution in [3.05, 3.63) is 47.3 Å².